The average Bonchev–Trinajstić information content (AvgIpc) is 2.30. The quantitative estimate of drug-likeness (QED) is 0.758. The highest BCUT2D eigenvalue weighted by Gasteiger charge is 2.06. The lowest BCUT2D eigenvalue weighted by atomic mass is 10.4. The Morgan fingerprint density at radius 2 is 2.25 bits per heavy atom. The van der Waals surface area contributed by atoms with Gasteiger partial charge in [-0.15, -0.1) is 0 Å². The van der Waals surface area contributed by atoms with E-state index in [1.807, 2.05) is 0 Å². The summed E-state index contributed by atoms with van der Waals surface area (Å²) in [5, 5.41) is 8.75. The molecule has 0 unspecified atom stereocenters. The van der Waals surface area contributed by atoms with Crippen LogP contribution in [0.2, 0.25) is 10.0 Å². The first kappa shape index (κ1) is 9.16. The van der Waals surface area contributed by atoms with E-state index >= 15 is 0 Å². The molecule has 1 heterocycles. The van der Waals surface area contributed by atoms with Gasteiger partial charge in [-0.25, -0.2) is 4.79 Å². The van der Waals surface area contributed by atoms with Crippen LogP contribution in [0.1, 0.15) is 5.76 Å². The van der Waals surface area contributed by atoms with Crippen molar-refractivity contribution in [1.82, 2.24) is 0 Å². The second-order valence-electron chi connectivity index (χ2n) is 1.93. The van der Waals surface area contributed by atoms with Crippen molar-refractivity contribution in [2.24, 2.45) is 0 Å². The molecule has 0 bridgehead atoms. The van der Waals surface area contributed by atoms with Crippen LogP contribution in [0.3, 0.4) is 0 Å². The lowest BCUT2D eigenvalue weighted by molar-refractivity contribution is -0.131. The number of rotatable bonds is 2. The maximum atomic E-state index is 10.1. The summed E-state index contributed by atoms with van der Waals surface area (Å²) < 4.78 is 4.83. The zero-order valence-corrected chi connectivity index (χ0v) is 7.26. The number of furan rings is 1. The third-order valence-electron chi connectivity index (χ3n) is 1.09. The Morgan fingerprint density at radius 1 is 1.58 bits per heavy atom. The highest BCUT2D eigenvalue weighted by atomic mass is 35.5. The molecule has 1 aromatic heterocycles. The van der Waals surface area contributed by atoms with E-state index in [1.165, 1.54) is 12.3 Å². The van der Waals surface area contributed by atoms with Gasteiger partial charge in [0.25, 0.3) is 0 Å². The van der Waals surface area contributed by atoms with E-state index in [2.05, 4.69) is 0 Å². The number of halogens is 2. The zero-order chi connectivity index (χ0) is 9.14. The van der Waals surface area contributed by atoms with Crippen molar-refractivity contribution in [3.8, 4) is 0 Å². The molecule has 0 aromatic carbocycles. The van der Waals surface area contributed by atoms with Crippen LogP contribution >= 0.6 is 23.2 Å². The van der Waals surface area contributed by atoms with Gasteiger partial charge in [0, 0.05) is 6.08 Å². The predicted octanol–water partition coefficient (Wildman–Crippen LogP) is 2.68. The van der Waals surface area contributed by atoms with Gasteiger partial charge < -0.3 is 9.52 Å². The maximum Gasteiger partial charge on any atom is 0.328 e. The van der Waals surface area contributed by atoms with Crippen molar-refractivity contribution >= 4 is 35.2 Å². The SMILES string of the molecule is O=C(O)/C=C/c1occ(Cl)c1Cl. The van der Waals surface area contributed by atoms with Crippen LogP contribution in [0.25, 0.3) is 6.08 Å². The molecule has 1 rings (SSSR count). The topological polar surface area (TPSA) is 50.4 Å². The van der Waals surface area contributed by atoms with Gasteiger partial charge in [-0.2, -0.15) is 0 Å². The van der Waals surface area contributed by atoms with Gasteiger partial charge in [-0.1, -0.05) is 23.2 Å². The van der Waals surface area contributed by atoms with Gasteiger partial charge in [0.1, 0.15) is 17.0 Å². The molecule has 1 N–H and O–H groups in total. The number of hydrogen-bond donors (Lipinski definition) is 1. The Balaban J connectivity index is 2.90. The molecule has 0 aliphatic rings. The molecule has 5 heteroatoms. The molecule has 0 aliphatic carbocycles. The fraction of sp³-hybridized carbons (Fsp3) is 0. The van der Waals surface area contributed by atoms with E-state index in [-0.39, 0.29) is 15.8 Å². The second-order valence-corrected chi connectivity index (χ2v) is 2.72. The van der Waals surface area contributed by atoms with E-state index in [0.29, 0.717) is 0 Å². The van der Waals surface area contributed by atoms with Gasteiger partial charge in [0.05, 0.1) is 5.02 Å². The standard InChI is InChI=1S/C7H4Cl2O3/c8-4-3-12-5(7(4)9)1-2-6(10)11/h1-3H,(H,10,11)/b2-1+. The third-order valence-corrected chi connectivity index (χ3v) is 1.86. The van der Waals surface area contributed by atoms with Crippen LogP contribution in [0, 0.1) is 0 Å². The second kappa shape index (κ2) is 3.65. The monoisotopic (exact) mass is 206 g/mol. The first-order chi connectivity index (χ1) is 5.61. The molecule has 3 nitrogen and oxygen atoms in total. The van der Waals surface area contributed by atoms with E-state index in [4.69, 9.17) is 32.7 Å². The van der Waals surface area contributed by atoms with Crippen molar-refractivity contribution in [2.45, 2.75) is 0 Å². The minimum atomic E-state index is -1.07. The average molecular weight is 207 g/mol. The van der Waals surface area contributed by atoms with Crippen LogP contribution < -0.4 is 0 Å². The molecule has 64 valence electrons. The van der Waals surface area contributed by atoms with Crippen LogP contribution in [0.5, 0.6) is 0 Å². The van der Waals surface area contributed by atoms with E-state index in [0.717, 1.165) is 6.08 Å². The first-order valence-corrected chi connectivity index (χ1v) is 3.70. The summed E-state index contributed by atoms with van der Waals surface area (Å²) in [6, 6.07) is 0. The molecular weight excluding hydrogens is 203 g/mol. The van der Waals surface area contributed by atoms with Gasteiger partial charge in [0.2, 0.25) is 0 Å². The van der Waals surface area contributed by atoms with Crippen molar-refractivity contribution in [1.29, 1.82) is 0 Å². The molecule has 0 radical (unpaired) electrons. The Hall–Kier alpha value is -0.930. The van der Waals surface area contributed by atoms with Gasteiger partial charge >= 0.3 is 5.97 Å². The third kappa shape index (κ3) is 2.03. The minimum absolute atomic E-state index is 0.217. The molecule has 0 fully saturated rings. The first-order valence-electron chi connectivity index (χ1n) is 2.94. The maximum absolute atomic E-state index is 10.1. The molecular formula is C7H4Cl2O3. The summed E-state index contributed by atoms with van der Waals surface area (Å²) in [7, 11) is 0. The van der Waals surface area contributed by atoms with Gasteiger partial charge in [0.15, 0.2) is 0 Å². The molecule has 0 atom stereocenters. The molecule has 0 spiro atoms. The van der Waals surface area contributed by atoms with E-state index in [1.54, 1.807) is 0 Å². The molecule has 0 saturated heterocycles. The normalized spacial score (nSPS) is 10.8. The van der Waals surface area contributed by atoms with Gasteiger partial charge in [-0.05, 0) is 6.08 Å². The Kier molecular flexibility index (Phi) is 2.78. The smallest absolute Gasteiger partial charge is 0.328 e. The summed E-state index contributed by atoms with van der Waals surface area (Å²) >= 11 is 11.2. The summed E-state index contributed by atoms with van der Waals surface area (Å²) in [6.07, 6.45) is 3.39. The minimum Gasteiger partial charge on any atom is -0.478 e. The number of hydrogen-bond acceptors (Lipinski definition) is 2. The van der Waals surface area contributed by atoms with Crippen LogP contribution in [-0.2, 0) is 4.79 Å². The summed E-state index contributed by atoms with van der Waals surface area (Å²) in [4.78, 5) is 10.1. The Labute approximate surface area is 78.2 Å². The summed E-state index contributed by atoms with van der Waals surface area (Å²) in [5.74, 6) is -0.831. The predicted molar refractivity (Wildman–Crippen MR) is 45.4 cm³/mol. The van der Waals surface area contributed by atoms with E-state index < -0.39 is 5.97 Å². The summed E-state index contributed by atoms with van der Waals surface area (Å²) in [5.41, 5.74) is 0. The Bertz CT molecular complexity index is 327. The molecule has 0 aliphatic heterocycles. The van der Waals surface area contributed by atoms with Crippen LogP contribution in [-0.4, -0.2) is 11.1 Å². The fourth-order valence-electron chi connectivity index (χ4n) is 0.596. The largest absolute Gasteiger partial charge is 0.478 e. The van der Waals surface area contributed by atoms with E-state index in [9.17, 15) is 4.79 Å². The number of carbonyl (C=O) groups is 1. The van der Waals surface area contributed by atoms with Crippen molar-refractivity contribution in [2.75, 3.05) is 0 Å². The molecule has 0 amide bonds. The lowest BCUT2D eigenvalue weighted by Gasteiger charge is -1.84. The van der Waals surface area contributed by atoms with Crippen molar-refractivity contribution in [3.05, 3.63) is 28.1 Å². The number of aliphatic carboxylic acids is 1. The highest BCUT2D eigenvalue weighted by molar-refractivity contribution is 6.42. The molecule has 1 aromatic rings. The number of carboxylic acids is 1. The fourth-order valence-corrected chi connectivity index (χ4v) is 0.886. The van der Waals surface area contributed by atoms with Crippen molar-refractivity contribution < 1.29 is 14.3 Å². The highest BCUT2D eigenvalue weighted by Crippen LogP contribution is 2.28. The molecule has 0 saturated carbocycles. The summed E-state index contributed by atoms with van der Waals surface area (Å²) in [6.45, 7) is 0. The van der Waals surface area contributed by atoms with Crippen LogP contribution in [0.15, 0.2) is 16.8 Å². The zero-order valence-electron chi connectivity index (χ0n) is 5.75. The molecule has 12 heavy (non-hydrogen) atoms. The lowest BCUT2D eigenvalue weighted by Crippen LogP contribution is -1.84. The van der Waals surface area contributed by atoms with Crippen LogP contribution in [0.4, 0.5) is 0 Å². The van der Waals surface area contributed by atoms with Crippen molar-refractivity contribution in [3.63, 3.8) is 0 Å². The number of carboxylic acid groups (broad SMARTS) is 1. The van der Waals surface area contributed by atoms with Gasteiger partial charge in [-0.3, -0.25) is 0 Å². The Morgan fingerprint density at radius 3 is 2.67 bits per heavy atom.